The molecule has 9 heteroatoms. The Labute approximate surface area is 133 Å². The SMILES string of the molecule is CC(C)NC(=O)C(C)Oc1cc(Cl)c(S(N)(=O)=O)cc1Cl. The molecular weight excluding hydrogens is 339 g/mol. The molecule has 0 aliphatic carbocycles. The van der Waals surface area contributed by atoms with Gasteiger partial charge in [0.2, 0.25) is 10.0 Å². The van der Waals surface area contributed by atoms with Crippen molar-refractivity contribution in [1.82, 2.24) is 5.32 Å². The highest BCUT2D eigenvalue weighted by molar-refractivity contribution is 7.89. The summed E-state index contributed by atoms with van der Waals surface area (Å²) in [6, 6.07) is 2.26. The van der Waals surface area contributed by atoms with Gasteiger partial charge in [0.05, 0.1) is 10.0 Å². The van der Waals surface area contributed by atoms with Crippen LogP contribution in [0.15, 0.2) is 17.0 Å². The van der Waals surface area contributed by atoms with Gasteiger partial charge in [-0.3, -0.25) is 4.79 Å². The van der Waals surface area contributed by atoms with Crippen LogP contribution < -0.4 is 15.2 Å². The van der Waals surface area contributed by atoms with E-state index in [2.05, 4.69) is 5.32 Å². The summed E-state index contributed by atoms with van der Waals surface area (Å²) in [5.41, 5.74) is 0. The van der Waals surface area contributed by atoms with Gasteiger partial charge in [0.1, 0.15) is 10.6 Å². The molecule has 0 fully saturated rings. The number of primary sulfonamides is 1. The molecule has 1 unspecified atom stereocenters. The lowest BCUT2D eigenvalue weighted by Gasteiger charge is -2.17. The highest BCUT2D eigenvalue weighted by Gasteiger charge is 2.20. The number of hydrogen-bond acceptors (Lipinski definition) is 4. The van der Waals surface area contributed by atoms with Crippen molar-refractivity contribution in [3.05, 3.63) is 22.2 Å². The summed E-state index contributed by atoms with van der Waals surface area (Å²) < 4.78 is 28.0. The van der Waals surface area contributed by atoms with Gasteiger partial charge in [-0.25, -0.2) is 13.6 Å². The summed E-state index contributed by atoms with van der Waals surface area (Å²) in [6.45, 7) is 5.17. The minimum Gasteiger partial charge on any atom is -0.479 e. The lowest BCUT2D eigenvalue weighted by atomic mass is 10.3. The summed E-state index contributed by atoms with van der Waals surface area (Å²) >= 11 is 11.8. The molecule has 0 heterocycles. The van der Waals surface area contributed by atoms with Crippen molar-refractivity contribution in [3.63, 3.8) is 0 Å². The van der Waals surface area contributed by atoms with Crippen LogP contribution in [0.5, 0.6) is 5.75 Å². The van der Waals surface area contributed by atoms with Gasteiger partial charge >= 0.3 is 0 Å². The Hall–Kier alpha value is -1.02. The number of hydrogen-bond donors (Lipinski definition) is 2. The van der Waals surface area contributed by atoms with E-state index in [1.165, 1.54) is 13.0 Å². The van der Waals surface area contributed by atoms with Crippen LogP contribution in [0.4, 0.5) is 0 Å². The number of benzene rings is 1. The Morgan fingerprint density at radius 3 is 2.29 bits per heavy atom. The smallest absolute Gasteiger partial charge is 0.260 e. The summed E-state index contributed by atoms with van der Waals surface area (Å²) in [7, 11) is -3.98. The molecule has 21 heavy (non-hydrogen) atoms. The molecule has 0 aliphatic heterocycles. The van der Waals surface area contributed by atoms with Crippen molar-refractivity contribution in [2.75, 3.05) is 0 Å². The fraction of sp³-hybridized carbons (Fsp3) is 0.417. The third kappa shape index (κ3) is 5.03. The first-order valence-corrected chi connectivity index (χ1v) is 8.31. The zero-order valence-electron chi connectivity index (χ0n) is 11.7. The monoisotopic (exact) mass is 354 g/mol. The lowest BCUT2D eigenvalue weighted by molar-refractivity contribution is -0.127. The highest BCUT2D eigenvalue weighted by Crippen LogP contribution is 2.33. The predicted molar refractivity (Wildman–Crippen MR) is 81.2 cm³/mol. The fourth-order valence-corrected chi connectivity index (χ4v) is 2.83. The van der Waals surface area contributed by atoms with Crippen molar-refractivity contribution < 1.29 is 17.9 Å². The second kappa shape index (κ2) is 6.83. The molecule has 118 valence electrons. The molecule has 0 saturated heterocycles. The number of nitrogens with two attached hydrogens (primary N) is 1. The standard InChI is InChI=1S/C12H16Cl2N2O4S/c1-6(2)16-12(17)7(3)20-10-4-9(14)11(5-8(10)13)21(15,18)19/h4-7H,1-3H3,(H,16,17)(H2,15,18,19). The average molecular weight is 355 g/mol. The van der Waals surface area contributed by atoms with Crippen LogP contribution in [0.2, 0.25) is 10.0 Å². The molecule has 0 radical (unpaired) electrons. The Morgan fingerprint density at radius 1 is 1.24 bits per heavy atom. The highest BCUT2D eigenvalue weighted by atomic mass is 35.5. The number of amides is 1. The molecule has 0 saturated carbocycles. The topological polar surface area (TPSA) is 98.5 Å². The number of carbonyl (C=O) groups excluding carboxylic acids is 1. The zero-order valence-corrected chi connectivity index (χ0v) is 14.0. The van der Waals surface area contributed by atoms with Crippen LogP contribution >= 0.6 is 23.2 Å². The summed E-state index contributed by atoms with van der Waals surface area (Å²) in [6.07, 6.45) is -0.818. The van der Waals surface area contributed by atoms with Crippen LogP contribution in [-0.4, -0.2) is 26.5 Å². The molecule has 1 atom stereocenters. The van der Waals surface area contributed by atoms with Crippen LogP contribution in [0, 0.1) is 0 Å². The van der Waals surface area contributed by atoms with E-state index in [0.29, 0.717) is 0 Å². The maximum atomic E-state index is 11.8. The molecule has 0 aromatic heterocycles. The molecule has 0 aliphatic rings. The molecule has 6 nitrogen and oxygen atoms in total. The third-order valence-corrected chi connectivity index (χ3v) is 4.07. The van der Waals surface area contributed by atoms with E-state index in [1.54, 1.807) is 0 Å². The second-order valence-corrected chi connectivity index (χ2v) is 7.03. The molecule has 0 spiro atoms. The second-order valence-electron chi connectivity index (χ2n) is 4.68. The summed E-state index contributed by atoms with van der Waals surface area (Å²) in [5, 5.41) is 7.54. The van der Waals surface area contributed by atoms with Gasteiger partial charge in [-0.1, -0.05) is 23.2 Å². The number of rotatable bonds is 5. The van der Waals surface area contributed by atoms with Crippen LogP contribution in [-0.2, 0) is 14.8 Å². The van der Waals surface area contributed by atoms with Crippen molar-refractivity contribution in [2.45, 2.75) is 37.8 Å². The van der Waals surface area contributed by atoms with Crippen LogP contribution in [0.1, 0.15) is 20.8 Å². The van der Waals surface area contributed by atoms with Gasteiger partial charge in [0, 0.05) is 12.1 Å². The summed E-state index contributed by atoms with van der Waals surface area (Å²) in [4.78, 5) is 11.4. The molecule has 1 rings (SSSR count). The van der Waals surface area contributed by atoms with E-state index in [1.807, 2.05) is 13.8 Å². The Kier molecular flexibility index (Phi) is 5.86. The largest absolute Gasteiger partial charge is 0.479 e. The van der Waals surface area contributed by atoms with E-state index < -0.39 is 16.1 Å². The normalized spacial score (nSPS) is 13.1. The third-order valence-electron chi connectivity index (χ3n) is 2.40. The van der Waals surface area contributed by atoms with Gasteiger partial charge in [-0.05, 0) is 26.8 Å². The fourth-order valence-electron chi connectivity index (χ4n) is 1.46. The zero-order chi connectivity index (χ0) is 16.4. The van der Waals surface area contributed by atoms with Crippen LogP contribution in [0.3, 0.4) is 0 Å². The van der Waals surface area contributed by atoms with Crippen LogP contribution in [0.25, 0.3) is 0 Å². The minimum absolute atomic E-state index is 0.00683. The molecule has 0 bridgehead atoms. The van der Waals surface area contributed by atoms with Crippen molar-refractivity contribution >= 4 is 39.1 Å². The first kappa shape index (κ1) is 18.0. The maximum absolute atomic E-state index is 11.8. The number of carbonyl (C=O) groups is 1. The quantitative estimate of drug-likeness (QED) is 0.843. The van der Waals surface area contributed by atoms with E-state index >= 15 is 0 Å². The first-order valence-electron chi connectivity index (χ1n) is 6.01. The van der Waals surface area contributed by atoms with E-state index in [0.717, 1.165) is 6.07 Å². The molecular formula is C12H16Cl2N2O4S. The molecule has 3 N–H and O–H groups in total. The van der Waals surface area contributed by atoms with Crippen molar-refractivity contribution in [3.8, 4) is 5.75 Å². The van der Waals surface area contributed by atoms with Crippen molar-refractivity contribution in [2.24, 2.45) is 5.14 Å². The van der Waals surface area contributed by atoms with Gasteiger partial charge in [0.25, 0.3) is 5.91 Å². The van der Waals surface area contributed by atoms with E-state index in [-0.39, 0.29) is 32.6 Å². The Bertz CT molecular complexity index is 647. The lowest BCUT2D eigenvalue weighted by Crippen LogP contribution is -2.40. The number of ether oxygens (including phenoxy) is 1. The van der Waals surface area contributed by atoms with Gasteiger partial charge in [0.15, 0.2) is 6.10 Å². The predicted octanol–water partition coefficient (Wildman–Crippen LogP) is 1.93. The first-order chi connectivity index (χ1) is 9.52. The van der Waals surface area contributed by atoms with Gasteiger partial charge in [-0.15, -0.1) is 0 Å². The molecule has 1 aromatic carbocycles. The Morgan fingerprint density at radius 2 is 1.81 bits per heavy atom. The maximum Gasteiger partial charge on any atom is 0.260 e. The van der Waals surface area contributed by atoms with E-state index in [4.69, 9.17) is 33.1 Å². The Balaban J connectivity index is 3.01. The number of nitrogens with one attached hydrogen (secondary N) is 1. The van der Waals surface area contributed by atoms with Gasteiger partial charge in [-0.2, -0.15) is 0 Å². The number of sulfonamides is 1. The number of halogens is 2. The summed E-state index contributed by atoms with van der Waals surface area (Å²) in [5.74, 6) is -0.229. The molecule has 1 aromatic rings. The van der Waals surface area contributed by atoms with Gasteiger partial charge < -0.3 is 10.1 Å². The molecule has 1 amide bonds. The minimum atomic E-state index is -3.98. The van der Waals surface area contributed by atoms with Crippen molar-refractivity contribution in [1.29, 1.82) is 0 Å². The van der Waals surface area contributed by atoms with E-state index in [9.17, 15) is 13.2 Å². The average Bonchev–Trinajstić information content (AvgIpc) is 2.30.